The van der Waals surface area contributed by atoms with Crippen molar-refractivity contribution in [3.05, 3.63) is 40.5 Å². The van der Waals surface area contributed by atoms with Gasteiger partial charge in [0.1, 0.15) is 6.54 Å². The monoisotopic (exact) mass is 416 g/mol. The van der Waals surface area contributed by atoms with Crippen molar-refractivity contribution in [2.75, 3.05) is 0 Å². The molecule has 1 fully saturated rings. The lowest BCUT2D eigenvalue weighted by Crippen LogP contribution is -2.30. The van der Waals surface area contributed by atoms with Crippen LogP contribution in [0.4, 0.5) is 8.78 Å². The molecule has 1 aliphatic carbocycles. The number of amides is 1. The lowest BCUT2D eigenvalue weighted by Gasteiger charge is -2.14. The van der Waals surface area contributed by atoms with Crippen LogP contribution in [0.25, 0.3) is 11.0 Å². The van der Waals surface area contributed by atoms with Gasteiger partial charge in [0.15, 0.2) is 5.65 Å². The zero-order valence-electron chi connectivity index (χ0n) is 17.6. The molecule has 1 N–H and O–H groups in total. The minimum Gasteiger partial charge on any atom is -0.348 e. The molecule has 9 heteroatoms. The maximum Gasteiger partial charge on any atom is 0.264 e. The fraction of sp³-hybridized carbons (Fsp3) is 0.524. The third kappa shape index (κ3) is 3.68. The average molecular weight is 416 g/mol. The Morgan fingerprint density at radius 3 is 2.60 bits per heavy atom. The molecule has 0 spiro atoms. The van der Waals surface area contributed by atoms with Crippen LogP contribution < -0.4 is 5.32 Å². The van der Waals surface area contributed by atoms with Crippen molar-refractivity contribution in [2.24, 2.45) is 0 Å². The van der Waals surface area contributed by atoms with Crippen LogP contribution in [0, 0.1) is 13.8 Å². The summed E-state index contributed by atoms with van der Waals surface area (Å²) in [6.07, 6.45) is 1.06. The first-order valence-electron chi connectivity index (χ1n) is 10.3. The van der Waals surface area contributed by atoms with E-state index in [0.29, 0.717) is 22.4 Å². The number of aryl methyl sites for hydroxylation is 2. The number of halogens is 2. The summed E-state index contributed by atoms with van der Waals surface area (Å²) >= 11 is 0. The molecule has 1 amide bonds. The summed E-state index contributed by atoms with van der Waals surface area (Å²) in [6.45, 7) is 8.22. The summed E-state index contributed by atoms with van der Waals surface area (Å²) in [5.74, 6) is -0.0322. The Morgan fingerprint density at radius 1 is 1.27 bits per heavy atom. The van der Waals surface area contributed by atoms with E-state index in [-0.39, 0.29) is 30.0 Å². The summed E-state index contributed by atoms with van der Waals surface area (Å²) in [5.41, 5.74) is 3.36. The first-order valence-corrected chi connectivity index (χ1v) is 10.3. The number of carbonyl (C=O) groups excluding carboxylic acids is 1. The minimum atomic E-state index is -2.61. The van der Waals surface area contributed by atoms with E-state index in [0.717, 1.165) is 30.6 Å². The molecular formula is C21H26F2N6O. The Bertz CT molecular complexity index is 1100. The van der Waals surface area contributed by atoms with Crippen LogP contribution in [0.3, 0.4) is 0 Å². The largest absolute Gasteiger partial charge is 0.348 e. The second-order valence-electron chi connectivity index (χ2n) is 7.94. The second kappa shape index (κ2) is 7.77. The van der Waals surface area contributed by atoms with E-state index in [4.69, 9.17) is 0 Å². The highest BCUT2D eigenvalue weighted by molar-refractivity contribution is 5.85. The molecule has 7 nitrogen and oxygen atoms in total. The fourth-order valence-electron chi connectivity index (χ4n) is 3.98. The first kappa shape index (κ1) is 20.4. The molecule has 3 heterocycles. The van der Waals surface area contributed by atoms with E-state index in [1.165, 1.54) is 10.7 Å². The Balaban J connectivity index is 1.60. The molecule has 1 aliphatic rings. The Hall–Kier alpha value is -2.84. The molecule has 1 unspecified atom stereocenters. The highest BCUT2D eigenvalue weighted by atomic mass is 19.3. The minimum absolute atomic E-state index is 0.0537. The third-order valence-electron chi connectivity index (χ3n) is 5.74. The third-order valence-corrected chi connectivity index (χ3v) is 5.74. The van der Waals surface area contributed by atoms with Gasteiger partial charge in [0.25, 0.3) is 6.43 Å². The van der Waals surface area contributed by atoms with Crippen LogP contribution in [0.2, 0.25) is 0 Å². The molecule has 160 valence electrons. The molecule has 3 aromatic heterocycles. The van der Waals surface area contributed by atoms with Crippen LogP contribution in [0.1, 0.15) is 73.3 Å². The van der Waals surface area contributed by atoms with Gasteiger partial charge in [-0.3, -0.25) is 9.48 Å². The fourth-order valence-corrected chi connectivity index (χ4v) is 3.98. The zero-order valence-corrected chi connectivity index (χ0v) is 17.6. The molecule has 30 heavy (non-hydrogen) atoms. The van der Waals surface area contributed by atoms with E-state index in [1.54, 1.807) is 13.1 Å². The van der Waals surface area contributed by atoms with Crippen LogP contribution in [-0.4, -0.2) is 30.5 Å². The van der Waals surface area contributed by atoms with Crippen molar-refractivity contribution >= 4 is 16.9 Å². The summed E-state index contributed by atoms with van der Waals surface area (Å²) in [7, 11) is 0. The highest BCUT2D eigenvalue weighted by Crippen LogP contribution is 2.41. The van der Waals surface area contributed by atoms with Gasteiger partial charge in [-0.2, -0.15) is 10.2 Å². The molecule has 1 saturated carbocycles. The van der Waals surface area contributed by atoms with Crippen LogP contribution in [-0.2, 0) is 17.9 Å². The number of pyridine rings is 1. The lowest BCUT2D eigenvalue weighted by atomic mass is 10.1. The number of carbonyl (C=O) groups is 1. The highest BCUT2D eigenvalue weighted by Gasteiger charge is 2.29. The van der Waals surface area contributed by atoms with Crippen molar-refractivity contribution in [3.63, 3.8) is 0 Å². The molecule has 0 aliphatic heterocycles. The number of nitrogens with zero attached hydrogens (tertiary/aromatic N) is 5. The topological polar surface area (TPSA) is 77.6 Å². The molecule has 0 saturated heterocycles. The number of alkyl halides is 2. The summed E-state index contributed by atoms with van der Waals surface area (Å²) in [4.78, 5) is 17.3. The van der Waals surface area contributed by atoms with Crippen molar-refractivity contribution in [1.82, 2.24) is 29.9 Å². The molecule has 0 radical (unpaired) electrons. The van der Waals surface area contributed by atoms with E-state index >= 15 is 0 Å². The maximum atomic E-state index is 13.7. The zero-order chi connectivity index (χ0) is 21.6. The Labute approximate surface area is 173 Å². The second-order valence-corrected chi connectivity index (χ2v) is 7.94. The van der Waals surface area contributed by atoms with Crippen molar-refractivity contribution < 1.29 is 13.6 Å². The molecule has 0 aromatic carbocycles. The van der Waals surface area contributed by atoms with E-state index in [9.17, 15) is 13.6 Å². The lowest BCUT2D eigenvalue weighted by molar-refractivity contribution is -0.122. The van der Waals surface area contributed by atoms with Gasteiger partial charge >= 0.3 is 0 Å². The standard InChI is InChI=1S/C21H26F2N6O/c1-5-28-13(4)16(9-24-28)11(2)25-18(30)10-29-21-19(12(3)27-29)15(20(22)23)8-17(26-21)14-6-7-14/h8-9,11,14,20H,5-7,10H2,1-4H3,(H,25,30). The summed E-state index contributed by atoms with van der Waals surface area (Å²) in [5, 5.41) is 12.0. The van der Waals surface area contributed by atoms with Gasteiger partial charge in [-0.1, -0.05) is 0 Å². The van der Waals surface area contributed by atoms with Gasteiger partial charge in [0.05, 0.1) is 23.3 Å². The number of hydrogen-bond donors (Lipinski definition) is 1. The molecular weight excluding hydrogens is 390 g/mol. The SMILES string of the molecule is CCn1ncc(C(C)NC(=O)Cn2nc(C)c3c(C(F)F)cc(C4CC4)nc32)c1C. The van der Waals surface area contributed by atoms with Crippen LogP contribution >= 0.6 is 0 Å². The maximum absolute atomic E-state index is 13.7. The van der Waals surface area contributed by atoms with E-state index < -0.39 is 6.43 Å². The van der Waals surface area contributed by atoms with Gasteiger partial charge in [-0.05, 0) is 46.6 Å². The predicted octanol–water partition coefficient (Wildman–Crippen LogP) is 3.96. The van der Waals surface area contributed by atoms with Gasteiger partial charge in [0.2, 0.25) is 5.91 Å². The summed E-state index contributed by atoms with van der Waals surface area (Å²) < 4.78 is 30.7. The van der Waals surface area contributed by atoms with Gasteiger partial charge < -0.3 is 5.32 Å². The number of fused-ring (bicyclic) bond motifs is 1. The van der Waals surface area contributed by atoms with Crippen LogP contribution in [0.15, 0.2) is 12.3 Å². The van der Waals surface area contributed by atoms with E-state index in [1.807, 2.05) is 25.5 Å². The molecule has 3 aromatic rings. The number of aromatic nitrogens is 5. The smallest absolute Gasteiger partial charge is 0.264 e. The predicted molar refractivity (Wildman–Crippen MR) is 108 cm³/mol. The van der Waals surface area contributed by atoms with E-state index in [2.05, 4.69) is 20.5 Å². The first-order chi connectivity index (χ1) is 14.3. The Morgan fingerprint density at radius 2 is 2.00 bits per heavy atom. The Kier molecular flexibility index (Phi) is 5.29. The van der Waals surface area contributed by atoms with Crippen molar-refractivity contribution in [1.29, 1.82) is 0 Å². The number of rotatable bonds is 7. The molecule has 1 atom stereocenters. The van der Waals surface area contributed by atoms with Gasteiger partial charge in [-0.15, -0.1) is 0 Å². The van der Waals surface area contributed by atoms with Gasteiger partial charge in [-0.25, -0.2) is 18.4 Å². The van der Waals surface area contributed by atoms with Crippen molar-refractivity contribution in [3.8, 4) is 0 Å². The number of hydrogen-bond acceptors (Lipinski definition) is 4. The molecule has 0 bridgehead atoms. The quantitative estimate of drug-likeness (QED) is 0.633. The summed E-state index contributed by atoms with van der Waals surface area (Å²) in [6, 6.07) is 1.27. The average Bonchev–Trinajstić information content (AvgIpc) is 3.41. The van der Waals surface area contributed by atoms with Crippen LogP contribution in [0.5, 0.6) is 0 Å². The number of nitrogens with one attached hydrogen (secondary N) is 1. The van der Waals surface area contributed by atoms with Gasteiger partial charge in [0, 0.05) is 35.0 Å². The van der Waals surface area contributed by atoms with Crippen molar-refractivity contribution in [2.45, 2.75) is 72.0 Å². The normalized spacial score (nSPS) is 15.2. The molecule has 4 rings (SSSR count).